The summed E-state index contributed by atoms with van der Waals surface area (Å²) in [7, 11) is 1.66. The number of ether oxygens (including phenoxy) is 1. The zero-order chi connectivity index (χ0) is 16.4. The minimum atomic E-state index is -0.0234. The molecule has 1 aliphatic carbocycles. The number of methoxy groups -OCH3 is 1. The highest BCUT2D eigenvalue weighted by Gasteiger charge is 2.33. The van der Waals surface area contributed by atoms with E-state index in [4.69, 9.17) is 22.1 Å². The first-order valence-corrected chi connectivity index (χ1v) is 8.60. The molecule has 3 atom stereocenters. The molecular weight excluding hydrogens is 385 g/mol. The summed E-state index contributed by atoms with van der Waals surface area (Å²) >= 11 is 6.11. The van der Waals surface area contributed by atoms with E-state index in [1.807, 2.05) is 18.2 Å². The van der Waals surface area contributed by atoms with Crippen molar-refractivity contribution in [2.24, 2.45) is 11.7 Å². The van der Waals surface area contributed by atoms with Crippen LogP contribution in [0.5, 0.6) is 5.75 Å². The highest BCUT2D eigenvalue weighted by atomic mass is 35.5. The Hall–Kier alpha value is -0.880. The molecule has 142 valence electrons. The van der Waals surface area contributed by atoms with Gasteiger partial charge in [-0.15, -0.1) is 24.8 Å². The Morgan fingerprint density at radius 2 is 2.08 bits per heavy atom. The normalized spacial score (nSPS) is 25.1. The average molecular weight is 411 g/mol. The summed E-state index contributed by atoms with van der Waals surface area (Å²) in [6.07, 6.45) is 3.83. The van der Waals surface area contributed by atoms with Crippen molar-refractivity contribution < 1.29 is 9.53 Å². The number of hydrogen-bond donors (Lipinski definition) is 2. The second-order valence-corrected chi connectivity index (χ2v) is 6.89. The van der Waals surface area contributed by atoms with Crippen LogP contribution in [0.4, 0.5) is 5.69 Å². The van der Waals surface area contributed by atoms with Gasteiger partial charge in [-0.3, -0.25) is 4.79 Å². The Morgan fingerprint density at radius 3 is 2.72 bits per heavy atom. The van der Waals surface area contributed by atoms with E-state index in [1.54, 1.807) is 7.11 Å². The number of nitrogens with two attached hydrogens (primary N) is 1. The number of hydrogen-bond acceptors (Lipinski definition) is 4. The molecule has 0 bridgehead atoms. The molecule has 0 spiro atoms. The number of carbonyl (C=O) groups is 1. The van der Waals surface area contributed by atoms with Gasteiger partial charge in [0.1, 0.15) is 5.75 Å². The van der Waals surface area contributed by atoms with Crippen LogP contribution in [-0.2, 0) is 4.79 Å². The van der Waals surface area contributed by atoms with Gasteiger partial charge in [-0.1, -0.05) is 18.0 Å². The van der Waals surface area contributed by atoms with Gasteiger partial charge in [-0.05, 0) is 37.5 Å². The molecule has 3 unspecified atom stereocenters. The molecule has 3 N–H and O–H groups in total. The number of carbonyl (C=O) groups excluding carboxylic acids is 1. The Morgan fingerprint density at radius 1 is 1.32 bits per heavy atom. The van der Waals surface area contributed by atoms with Crippen LogP contribution in [0.3, 0.4) is 0 Å². The second kappa shape index (κ2) is 9.72. The zero-order valence-electron chi connectivity index (χ0n) is 14.2. The first-order chi connectivity index (χ1) is 11.1. The Kier molecular flexibility index (Phi) is 8.61. The lowest BCUT2D eigenvalue weighted by Gasteiger charge is -2.23. The molecule has 1 saturated carbocycles. The number of nitrogens with zero attached hydrogens (tertiary/aromatic N) is 1. The maximum absolute atomic E-state index is 12.4. The third-order valence-electron chi connectivity index (χ3n) is 4.92. The van der Waals surface area contributed by atoms with Crippen molar-refractivity contribution in [2.75, 3.05) is 25.1 Å². The van der Waals surface area contributed by atoms with Gasteiger partial charge in [-0.2, -0.15) is 0 Å². The van der Waals surface area contributed by atoms with Crippen LogP contribution in [0.25, 0.3) is 0 Å². The van der Waals surface area contributed by atoms with Crippen molar-refractivity contribution in [3.05, 3.63) is 23.2 Å². The highest BCUT2D eigenvalue weighted by Crippen LogP contribution is 2.33. The SMILES string of the molecule is COc1ccc(Cl)cc1N1CCC(NC(=O)C2CCCC2N)C1.Cl.Cl. The summed E-state index contributed by atoms with van der Waals surface area (Å²) in [5.74, 6) is 0.892. The molecule has 5 nitrogen and oxygen atoms in total. The first kappa shape index (κ1) is 22.2. The van der Waals surface area contributed by atoms with Gasteiger partial charge < -0.3 is 20.7 Å². The predicted molar refractivity (Wildman–Crippen MR) is 107 cm³/mol. The molecule has 8 heteroatoms. The van der Waals surface area contributed by atoms with Crippen molar-refractivity contribution in [3.8, 4) is 5.75 Å². The molecule has 0 aromatic heterocycles. The Balaban J connectivity index is 0.00000156. The van der Waals surface area contributed by atoms with E-state index in [2.05, 4.69) is 10.2 Å². The smallest absolute Gasteiger partial charge is 0.224 e. The summed E-state index contributed by atoms with van der Waals surface area (Å²) < 4.78 is 5.42. The fourth-order valence-corrected chi connectivity index (χ4v) is 3.80. The summed E-state index contributed by atoms with van der Waals surface area (Å²) in [6.45, 7) is 1.64. The molecular formula is C17H26Cl3N3O2. The lowest BCUT2D eigenvalue weighted by molar-refractivity contribution is -0.125. The van der Waals surface area contributed by atoms with Crippen molar-refractivity contribution in [1.82, 2.24) is 5.32 Å². The summed E-state index contributed by atoms with van der Waals surface area (Å²) in [4.78, 5) is 14.6. The Bertz CT molecular complexity index is 588. The zero-order valence-corrected chi connectivity index (χ0v) is 16.6. The van der Waals surface area contributed by atoms with E-state index in [0.717, 1.165) is 50.2 Å². The fourth-order valence-electron chi connectivity index (χ4n) is 3.63. The van der Waals surface area contributed by atoms with E-state index >= 15 is 0 Å². The van der Waals surface area contributed by atoms with E-state index in [-0.39, 0.29) is 48.7 Å². The quantitative estimate of drug-likeness (QED) is 0.800. The number of nitrogens with one attached hydrogen (secondary N) is 1. The number of halogens is 3. The summed E-state index contributed by atoms with van der Waals surface area (Å²) in [6, 6.07) is 5.78. The third kappa shape index (κ3) is 5.07. The van der Waals surface area contributed by atoms with Crippen LogP contribution in [-0.4, -0.2) is 38.2 Å². The number of rotatable bonds is 4. The average Bonchev–Trinajstić information content (AvgIpc) is 3.16. The van der Waals surface area contributed by atoms with E-state index in [1.165, 1.54) is 0 Å². The van der Waals surface area contributed by atoms with Crippen LogP contribution >= 0.6 is 36.4 Å². The lowest BCUT2D eigenvalue weighted by atomic mass is 10.0. The van der Waals surface area contributed by atoms with Gasteiger partial charge in [0.2, 0.25) is 5.91 Å². The molecule has 1 aromatic carbocycles. The first-order valence-electron chi connectivity index (χ1n) is 8.23. The summed E-state index contributed by atoms with van der Waals surface area (Å²) in [5, 5.41) is 3.85. The van der Waals surface area contributed by atoms with Crippen molar-refractivity contribution >= 4 is 48.0 Å². The molecule has 1 aliphatic heterocycles. The molecule has 1 saturated heterocycles. The standard InChI is InChI=1S/C17H24ClN3O2.2ClH/c1-23-16-6-5-11(18)9-15(16)21-8-7-12(10-21)20-17(22)13-3-2-4-14(13)19;;/h5-6,9,12-14H,2-4,7-8,10,19H2,1H3,(H,20,22);2*1H. The topological polar surface area (TPSA) is 67.6 Å². The maximum Gasteiger partial charge on any atom is 0.224 e. The largest absolute Gasteiger partial charge is 0.495 e. The van der Waals surface area contributed by atoms with Crippen molar-refractivity contribution in [2.45, 2.75) is 37.8 Å². The van der Waals surface area contributed by atoms with Gasteiger partial charge in [0.05, 0.1) is 18.7 Å². The molecule has 2 aliphatic rings. The molecule has 25 heavy (non-hydrogen) atoms. The van der Waals surface area contributed by atoms with Gasteiger partial charge in [-0.25, -0.2) is 0 Å². The maximum atomic E-state index is 12.4. The van der Waals surface area contributed by atoms with Crippen LogP contribution in [0.15, 0.2) is 18.2 Å². The number of anilines is 1. The van der Waals surface area contributed by atoms with Crippen molar-refractivity contribution in [3.63, 3.8) is 0 Å². The highest BCUT2D eigenvalue weighted by molar-refractivity contribution is 6.30. The lowest BCUT2D eigenvalue weighted by Crippen LogP contribution is -2.44. The van der Waals surface area contributed by atoms with Crippen molar-refractivity contribution in [1.29, 1.82) is 0 Å². The van der Waals surface area contributed by atoms with Gasteiger partial charge in [0.25, 0.3) is 0 Å². The van der Waals surface area contributed by atoms with Gasteiger partial charge in [0.15, 0.2) is 0 Å². The molecule has 1 heterocycles. The van der Waals surface area contributed by atoms with Gasteiger partial charge >= 0.3 is 0 Å². The third-order valence-corrected chi connectivity index (χ3v) is 5.16. The fraction of sp³-hybridized carbons (Fsp3) is 0.588. The number of amides is 1. The molecule has 3 rings (SSSR count). The molecule has 0 radical (unpaired) electrons. The summed E-state index contributed by atoms with van der Waals surface area (Å²) in [5.41, 5.74) is 7.01. The van der Waals surface area contributed by atoms with E-state index in [0.29, 0.717) is 5.02 Å². The minimum absolute atomic E-state index is 0. The monoisotopic (exact) mass is 409 g/mol. The second-order valence-electron chi connectivity index (χ2n) is 6.46. The molecule has 1 amide bonds. The minimum Gasteiger partial charge on any atom is -0.495 e. The Labute approximate surface area is 166 Å². The van der Waals surface area contributed by atoms with Crippen LogP contribution in [0.2, 0.25) is 5.02 Å². The van der Waals surface area contributed by atoms with Gasteiger partial charge in [0, 0.05) is 30.2 Å². The van der Waals surface area contributed by atoms with E-state index in [9.17, 15) is 4.79 Å². The molecule has 2 fully saturated rings. The van der Waals surface area contributed by atoms with Crippen LogP contribution < -0.4 is 20.7 Å². The van der Waals surface area contributed by atoms with E-state index < -0.39 is 0 Å². The number of benzene rings is 1. The van der Waals surface area contributed by atoms with Crippen LogP contribution in [0.1, 0.15) is 25.7 Å². The van der Waals surface area contributed by atoms with Crippen LogP contribution in [0, 0.1) is 5.92 Å². The molecule has 1 aromatic rings. The predicted octanol–water partition coefficient (Wildman–Crippen LogP) is 3.01.